The molecule has 0 saturated carbocycles. The molecule has 30 heavy (non-hydrogen) atoms. The van der Waals surface area contributed by atoms with E-state index >= 15 is 0 Å². The first kappa shape index (κ1) is 24.6. The van der Waals surface area contributed by atoms with Crippen molar-refractivity contribution < 1.29 is 9.47 Å². The van der Waals surface area contributed by atoms with Crippen molar-refractivity contribution in [2.75, 3.05) is 51.9 Å². The molecule has 0 amide bonds. The Kier molecular flexibility index (Phi) is 10.6. The van der Waals surface area contributed by atoms with Gasteiger partial charge in [0.1, 0.15) is 5.82 Å². The molecule has 1 atom stereocenters. The predicted molar refractivity (Wildman–Crippen MR) is 134 cm³/mol. The Hall–Kier alpha value is -1.65. The highest BCUT2D eigenvalue weighted by molar-refractivity contribution is 14.0. The summed E-state index contributed by atoms with van der Waals surface area (Å²) in [5.74, 6) is 1.77. The number of halogens is 1. The third-order valence-corrected chi connectivity index (χ3v) is 4.85. The lowest BCUT2D eigenvalue weighted by atomic mass is 10.1. The van der Waals surface area contributed by atoms with Gasteiger partial charge in [-0.25, -0.2) is 9.98 Å². The van der Waals surface area contributed by atoms with E-state index in [1.807, 2.05) is 37.2 Å². The minimum Gasteiger partial charge on any atom is -0.379 e. The van der Waals surface area contributed by atoms with Gasteiger partial charge in [-0.2, -0.15) is 0 Å². The first-order chi connectivity index (χ1) is 14.2. The van der Waals surface area contributed by atoms with Crippen LogP contribution in [0.25, 0.3) is 10.9 Å². The lowest BCUT2D eigenvalue weighted by Gasteiger charge is -2.15. The molecule has 1 aliphatic heterocycles. The van der Waals surface area contributed by atoms with Gasteiger partial charge in [0.25, 0.3) is 0 Å². The van der Waals surface area contributed by atoms with Crippen LogP contribution in [0.4, 0.5) is 5.82 Å². The van der Waals surface area contributed by atoms with Crippen LogP contribution in [0.15, 0.2) is 35.3 Å². The van der Waals surface area contributed by atoms with Crippen LogP contribution in [0, 0.1) is 0 Å². The number of aliphatic imine (C=N–C) groups is 1. The zero-order valence-corrected chi connectivity index (χ0v) is 20.5. The molecule has 3 rings (SSSR count). The van der Waals surface area contributed by atoms with Gasteiger partial charge in [0.15, 0.2) is 5.96 Å². The summed E-state index contributed by atoms with van der Waals surface area (Å²) in [6, 6.07) is 10.3. The van der Waals surface area contributed by atoms with Gasteiger partial charge in [0, 0.05) is 45.8 Å². The van der Waals surface area contributed by atoms with E-state index in [0.717, 1.165) is 68.4 Å². The number of rotatable bonds is 9. The standard InChI is InChI=1S/C22H33N5O2.HI/c1-4-23-22(24-11-7-12-29-18-10-13-28-16-18)25-15-17-14-21(27(2)3)26-20-9-6-5-8-19(17)20;/h5-6,8-9,14,18H,4,7,10-13,15-16H2,1-3H3,(H2,23,24,25);1H. The highest BCUT2D eigenvalue weighted by atomic mass is 127. The summed E-state index contributed by atoms with van der Waals surface area (Å²) in [6.07, 6.45) is 2.21. The van der Waals surface area contributed by atoms with Crippen LogP contribution in [0.2, 0.25) is 0 Å². The molecule has 0 bridgehead atoms. The van der Waals surface area contributed by atoms with Crippen molar-refractivity contribution in [2.24, 2.45) is 4.99 Å². The van der Waals surface area contributed by atoms with Crippen LogP contribution in [-0.4, -0.2) is 64.1 Å². The van der Waals surface area contributed by atoms with Gasteiger partial charge in [-0.15, -0.1) is 24.0 Å². The molecular weight excluding hydrogens is 493 g/mol. The first-order valence-corrected chi connectivity index (χ1v) is 10.4. The van der Waals surface area contributed by atoms with E-state index < -0.39 is 0 Å². The van der Waals surface area contributed by atoms with Gasteiger partial charge in [-0.05, 0) is 37.5 Å². The number of guanidine groups is 1. The van der Waals surface area contributed by atoms with Crippen LogP contribution < -0.4 is 15.5 Å². The maximum absolute atomic E-state index is 5.82. The molecule has 2 heterocycles. The predicted octanol–water partition coefficient (Wildman–Crippen LogP) is 3.17. The topological polar surface area (TPSA) is 71.0 Å². The SMILES string of the molecule is CCNC(=NCc1cc(N(C)C)nc2ccccc12)NCCCOC1CCOC1.I. The van der Waals surface area contributed by atoms with Gasteiger partial charge in [-0.1, -0.05) is 18.2 Å². The highest BCUT2D eigenvalue weighted by Crippen LogP contribution is 2.22. The van der Waals surface area contributed by atoms with Gasteiger partial charge in [-0.3, -0.25) is 0 Å². The van der Waals surface area contributed by atoms with Crippen LogP contribution >= 0.6 is 24.0 Å². The molecule has 1 unspecified atom stereocenters. The fourth-order valence-corrected chi connectivity index (χ4v) is 3.27. The molecule has 2 N–H and O–H groups in total. The number of pyridine rings is 1. The number of nitrogens with one attached hydrogen (secondary N) is 2. The largest absolute Gasteiger partial charge is 0.379 e. The number of para-hydroxylation sites is 1. The van der Waals surface area contributed by atoms with Crippen molar-refractivity contribution in [1.82, 2.24) is 15.6 Å². The molecule has 1 saturated heterocycles. The summed E-state index contributed by atoms with van der Waals surface area (Å²) in [4.78, 5) is 11.5. The molecule has 7 nitrogen and oxygen atoms in total. The van der Waals surface area contributed by atoms with Crippen molar-refractivity contribution in [3.05, 3.63) is 35.9 Å². The molecular formula is C22H34IN5O2. The molecule has 0 aliphatic carbocycles. The molecule has 1 aromatic heterocycles. The van der Waals surface area contributed by atoms with Crippen molar-refractivity contribution >= 4 is 46.7 Å². The van der Waals surface area contributed by atoms with Crippen molar-refractivity contribution in [2.45, 2.75) is 32.4 Å². The van der Waals surface area contributed by atoms with Crippen LogP contribution in [0.5, 0.6) is 0 Å². The molecule has 0 spiro atoms. The molecule has 166 valence electrons. The van der Waals surface area contributed by atoms with E-state index in [1.165, 1.54) is 5.56 Å². The smallest absolute Gasteiger partial charge is 0.191 e. The van der Waals surface area contributed by atoms with Gasteiger partial charge < -0.3 is 25.0 Å². The summed E-state index contributed by atoms with van der Waals surface area (Å²) in [5, 5.41) is 7.87. The fourth-order valence-electron chi connectivity index (χ4n) is 3.27. The molecule has 1 aliphatic rings. The Bertz CT molecular complexity index is 809. The monoisotopic (exact) mass is 527 g/mol. The van der Waals surface area contributed by atoms with Gasteiger partial charge in [0.2, 0.25) is 0 Å². The van der Waals surface area contributed by atoms with Crippen molar-refractivity contribution in [3.8, 4) is 0 Å². The minimum atomic E-state index is 0. The van der Waals surface area contributed by atoms with Crippen molar-refractivity contribution in [3.63, 3.8) is 0 Å². The molecule has 1 fully saturated rings. The average Bonchev–Trinajstić information content (AvgIpc) is 3.24. The number of benzene rings is 1. The maximum Gasteiger partial charge on any atom is 0.191 e. The molecule has 1 aromatic carbocycles. The van der Waals surface area contributed by atoms with E-state index in [4.69, 9.17) is 19.5 Å². The molecule has 2 aromatic rings. The summed E-state index contributed by atoms with van der Waals surface area (Å²) in [5.41, 5.74) is 2.16. The third kappa shape index (κ3) is 7.24. The van der Waals surface area contributed by atoms with Crippen LogP contribution in [0.3, 0.4) is 0 Å². The normalized spacial score (nSPS) is 16.4. The number of nitrogens with zero attached hydrogens (tertiary/aromatic N) is 3. The Balaban J connectivity index is 0.00000320. The quantitative estimate of drug-likeness (QED) is 0.226. The van der Waals surface area contributed by atoms with E-state index in [2.05, 4.69) is 29.7 Å². The Morgan fingerprint density at radius 3 is 2.87 bits per heavy atom. The second kappa shape index (κ2) is 12.9. The zero-order valence-electron chi connectivity index (χ0n) is 18.2. The van der Waals surface area contributed by atoms with Gasteiger partial charge >= 0.3 is 0 Å². The van der Waals surface area contributed by atoms with Crippen LogP contribution in [0.1, 0.15) is 25.3 Å². The van der Waals surface area contributed by atoms with Crippen LogP contribution in [-0.2, 0) is 16.0 Å². The lowest BCUT2D eigenvalue weighted by Crippen LogP contribution is -2.38. The zero-order chi connectivity index (χ0) is 20.5. The number of aromatic nitrogens is 1. The minimum absolute atomic E-state index is 0. The fraction of sp³-hybridized carbons (Fsp3) is 0.545. The van der Waals surface area contributed by atoms with E-state index in [-0.39, 0.29) is 30.1 Å². The average molecular weight is 527 g/mol. The summed E-state index contributed by atoms with van der Waals surface area (Å²) < 4.78 is 11.2. The lowest BCUT2D eigenvalue weighted by molar-refractivity contribution is 0.0420. The Morgan fingerprint density at radius 1 is 1.30 bits per heavy atom. The van der Waals surface area contributed by atoms with E-state index in [0.29, 0.717) is 6.54 Å². The second-order valence-electron chi connectivity index (χ2n) is 7.38. The summed E-state index contributed by atoms with van der Waals surface area (Å²) in [7, 11) is 4.02. The van der Waals surface area contributed by atoms with E-state index in [1.54, 1.807) is 0 Å². The summed E-state index contributed by atoms with van der Waals surface area (Å²) in [6.45, 7) is 6.59. The summed E-state index contributed by atoms with van der Waals surface area (Å²) >= 11 is 0. The maximum atomic E-state index is 5.82. The van der Waals surface area contributed by atoms with Crippen molar-refractivity contribution in [1.29, 1.82) is 0 Å². The first-order valence-electron chi connectivity index (χ1n) is 10.4. The number of hydrogen-bond donors (Lipinski definition) is 2. The van der Waals surface area contributed by atoms with Gasteiger partial charge in [0.05, 0.1) is 24.8 Å². The number of hydrogen-bond acceptors (Lipinski definition) is 5. The third-order valence-electron chi connectivity index (χ3n) is 4.85. The number of ether oxygens (including phenoxy) is 2. The molecule has 0 radical (unpaired) electrons. The highest BCUT2D eigenvalue weighted by Gasteiger charge is 2.15. The number of anilines is 1. The Morgan fingerprint density at radius 2 is 2.13 bits per heavy atom. The number of fused-ring (bicyclic) bond motifs is 1. The Labute approximate surface area is 196 Å². The second-order valence-corrected chi connectivity index (χ2v) is 7.38. The van der Waals surface area contributed by atoms with E-state index in [9.17, 15) is 0 Å². The molecule has 8 heteroatoms.